The zero-order valence-corrected chi connectivity index (χ0v) is 13.7. The SMILES string of the molecule is CCCCCc1ccccc1OC(=O)OCCc1ccccc1. The fourth-order valence-electron chi connectivity index (χ4n) is 2.39. The maximum absolute atomic E-state index is 11.8. The minimum absolute atomic E-state index is 0.320. The van der Waals surface area contributed by atoms with Crippen molar-refractivity contribution in [1.82, 2.24) is 0 Å². The molecule has 0 saturated heterocycles. The molecule has 122 valence electrons. The first-order chi connectivity index (χ1) is 11.3. The molecule has 0 N–H and O–H groups in total. The molecule has 0 fully saturated rings. The van der Waals surface area contributed by atoms with E-state index in [1.165, 1.54) is 12.8 Å². The van der Waals surface area contributed by atoms with Crippen LogP contribution < -0.4 is 4.74 Å². The zero-order chi connectivity index (χ0) is 16.3. The molecule has 0 unspecified atom stereocenters. The third-order valence-electron chi connectivity index (χ3n) is 3.67. The van der Waals surface area contributed by atoms with Crippen molar-refractivity contribution < 1.29 is 14.3 Å². The minimum Gasteiger partial charge on any atom is -0.434 e. The predicted molar refractivity (Wildman–Crippen MR) is 91.8 cm³/mol. The number of carbonyl (C=O) groups is 1. The summed E-state index contributed by atoms with van der Waals surface area (Å²) in [6.07, 6.45) is 4.42. The Morgan fingerprint density at radius 2 is 1.65 bits per heavy atom. The predicted octanol–water partition coefficient (Wildman–Crippen LogP) is 5.18. The van der Waals surface area contributed by atoms with E-state index in [1.54, 1.807) is 0 Å². The van der Waals surface area contributed by atoms with Gasteiger partial charge in [-0.1, -0.05) is 68.3 Å². The van der Waals surface area contributed by atoms with Crippen LogP contribution in [-0.4, -0.2) is 12.8 Å². The Balaban J connectivity index is 1.80. The normalized spacial score (nSPS) is 10.3. The summed E-state index contributed by atoms with van der Waals surface area (Å²) < 4.78 is 10.5. The fraction of sp³-hybridized carbons (Fsp3) is 0.350. The van der Waals surface area contributed by atoms with Gasteiger partial charge >= 0.3 is 6.16 Å². The minimum atomic E-state index is -0.635. The molecule has 0 aliphatic carbocycles. The molecule has 0 atom stereocenters. The summed E-state index contributed by atoms with van der Waals surface area (Å²) in [6, 6.07) is 17.6. The van der Waals surface area contributed by atoms with E-state index in [-0.39, 0.29) is 0 Å². The van der Waals surface area contributed by atoms with Crippen LogP contribution in [0.1, 0.15) is 37.3 Å². The number of unbranched alkanes of at least 4 members (excludes halogenated alkanes) is 2. The first kappa shape index (κ1) is 17.1. The van der Waals surface area contributed by atoms with E-state index in [2.05, 4.69) is 6.92 Å². The average molecular weight is 312 g/mol. The lowest BCUT2D eigenvalue weighted by Crippen LogP contribution is -2.13. The van der Waals surface area contributed by atoms with Gasteiger partial charge in [-0.25, -0.2) is 4.79 Å². The second kappa shape index (κ2) is 9.67. The van der Waals surface area contributed by atoms with E-state index in [4.69, 9.17) is 9.47 Å². The number of hydrogen-bond donors (Lipinski definition) is 0. The smallest absolute Gasteiger partial charge is 0.434 e. The third kappa shape index (κ3) is 6.15. The van der Waals surface area contributed by atoms with Crippen molar-refractivity contribution >= 4 is 6.16 Å². The number of rotatable bonds is 8. The second-order valence-corrected chi connectivity index (χ2v) is 5.50. The van der Waals surface area contributed by atoms with Gasteiger partial charge in [0.1, 0.15) is 5.75 Å². The third-order valence-corrected chi connectivity index (χ3v) is 3.67. The number of para-hydroxylation sites is 1. The monoisotopic (exact) mass is 312 g/mol. The van der Waals surface area contributed by atoms with Crippen LogP contribution in [0.4, 0.5) is 4.79 Å². The molecular formula is C20H24O3. The second-order valence-electron chi connectivity index (χ2n) is 5.50. The van der Waals surface area contributed by atoms with Crippen LogP contribution in [-0.2, 0) is 17.6 Å². The summed E-state index contributed by atoms with van der Waals surface area (Å²) in [4.78, 5) is 11.8. The molecule has 3 nitrogen and oxygen atoms in total. The quantitative estimate of drug-likeness (QED) is 0.383. The van der Waals surface area contributed by atoms with Gasteiger partial charge < -0.3 is 9.47 Å². The average Bonchev–Trinajstić information content (AvgIpc) is 2.57. The molecule has 0 heterocycles. The molecule has 23 heavy (non-hydrogen) atoms. The Bertz CT molecular complexity index is 593. The molecule has 0 radical (unpaired) electrons. The summed E-state index contributed by atoms with van der Waals surface area (Å²) in [5.74, 6) is 0.605. The molecular weight excluding hydrogens is 288 g/mol. The van der Waals surface area contributed by atoms with Crippen molar-refractivity contribution in [3.05, 3.63) is 65.7 Å². The van der Waals surface area contributed by atoms with Gasteiger partial charge in [0.2, 0.25) is 0 Å². The summed E-state index contributed by atoms with van der Waals surface area (Å²) in [6.45, 7) is 2.49. The van der Waals surface area contributed by atoms with Crippen LogP contribution >= 0.6 is 0 Å². The van der Waals surface area contributed by atoms with Crippen molar-refractivity contribution in [2.75, 3.05) is 6.61 Å². The lowest BCUT2D eigenvalue weighted by atomic mass is 10.1. The van der Waals surface area contributed by atoms with Crippen LogP contribution in [0.2, 0.25) is 0 Å². The first-order valence-corrected chi connectivity index (χ1v) is 8.26. The van der Waals surface area contributed by atoms with Gasteiger partial charge in [-0.2, -0.15) is 0 Å². The van der Waals surface area contributed by atoms with E-state index in [9.17, 15) is 4.79 Å². The molecule has 0 aliphatic heterocycles. The van der Waals surface area contributed by atoms with Crippen LogP contribution in [0.15, 0.2) is 54.6 Å². The fourth-order valence-corrected chi connectivity index (χ4v) is 2.39. The highest BCUT2D eigenvalue weighted by molar-refractivity contribution is 5.64. The standard InChI is InChI=1S/C20H24O3/c1-2-3-5-12-18-13-8-9-14-19(18)23-20(21)22-16-15-17-10-6-4-7-11-17/h4,6-11,13-14H,2-3,5,12,15-16H2,1H3. The lowest BCUT2D eigenvalue weighted by molar-refractivity contribution is 0.0997. The summed E-state index contributed by atoms with van der Waals surface area (Å²) in [7, 11) is 0. The van der Waals surface area contributed by atoms with Crippen LogP contribution in [0.25, 0.3) is 0 Å². The zero-order valence-electron chi connectivity index (χ0n) is 13.7. The number of ether oxygens (including phenoxy) is 2. The molecule has 0 aromatic heterocycles. The number of benzene rings is 2. The van der Waals surface area contributed by atoms with E-state index >= 15 is 0 Å². The van der Waals surface area contributed by atoms with E-state index in [1.807, 2.05) is 54.6 Å². The molecule has 0 saturated carbocycles. The van der Waals surface area contributed by atoms with E-state index in [0.29, 0.717) is 18.8 Å². The van der Waals surface area contributed by atoms with Crippen molar-refractivity contribution in [2.24, 2.45) is 0 Å². The van der Waals surface area contributed by atoms with Crippen molar-refractivity contribution in [3.63, 3.8) is 0 Å². The molecule has 2 aromatic carbocycles. The van der Waals surface area contributed by atoms with E-state index < -0.39 is 6.16 Å². The molecule has 0 amide bonds. The molecule has 0 bridgehead atoms. The van der Waals surface area contributed by atoms with Gasteiger partial charge in [-0.3, -0.25) is 0 Å². The van der Waals surface area contributed by atoms with Crippen molar-refractivity contribution in [3.8, 4) is 5.75 Å². The van der Waals surface area contributed by atoms with Crippen molar-refractivity contribution in [1.29, 1.82) is 0 Å². The maximum atomic E-state index is 11.8. The molecule has 2 aromatic rings. The van der Waals surface area contributed by atoms with Crippen LogP contribution in [0, 0.1) is 0 Å². The Morgan fingerprint density at radius 3 is 2.43 bits per heavy atom. The highest BCUT2D eigenvalue weighted by Crippen LogP contribution is 2.21. The van der Waals surface area contributed by atoms with Crippen molar-refractivity contribution in [2.45, 2.75) is 39.0 Å². The molecule has 2 rings (SSSR count). The highest BCUT2D eigenvalue weighted by Gasteiger charge is 2.10. The number of aryl methyl sites for hydroxylation is 1. The summed E-state index contributed by atoms with van der Waals surface area (Å²) in [5, 5.41) is 0. The largest absolute Gasteiger partial charge is 0.513 e. The first-order valence-electron chi connectivity index (χ1n) is 8.26. The van der Waals surface area contributed by atoms with Crippen LogP contribution in [0.5, 0.6) is 5.75 Å². The van der Waals surface area contributed by atoms with Gasteiger partial charge in [0.25, 0.3) is 0 Å². The lowest BCUT2D eigenvalue weighted by Gasteiger charge is -2.10. The Morgan fingerprint density at radius 1 is 0.913 bits per heavy atom. The van der Waals surface area contributed by atoms with Gasteiger partial charge in [0, 0.05) is 6.42 Å². The Labute approximate surface area is 138 Å². The number of carbonyl (C=O) groups excluding carboxylic acids is 1. The Hall–Kier alpha value is -2.29. The van der Waals surface area contributed by atoms with Gasteiger partial charge in [-0.15, -0.1) is 0 Å². The van der Waals surface area contributed by atoms with Gasteiger partial charge in [0.15, 0.2) is 0 Å². The van der Waals surface area contributed by atoms with Crippen LogP contribution in [0.3, 0.4) is 0 Å². The van der Waals surface area contributed by atoms with Gasteiger partial charge in [-0.05, 0) is 30.0 Å². The van der Waals surface area contributed by atoms with Gasteiger partial charge in [0.05, 0.1) is 6.61 Å². The maximum Gasteiger partial charge on any atom is 0.513 e. The highest BCUT2D eigenvalue weighted by atomic mass is 16.7. The molecule has 0 spiro atoms. The number of hydrogen-bond acceptors (Lipinski definition) is 3. The topological polar surface area (TPSA) is 35.5 Å². The Kier molecular flexibility index (Phi) is 7.18. The molecule has 0 aliphatic rings. The van der Waals surface area contributed by atoms with E-state index in [0.717, 1.165) is 24.0 Å². The summed E-state index contributed by atoms with van der Waals surface area (Å²) >= 11 is 0. The summed E-state index contributed by atoms with van der Waals surface area (Å²) in [5.41, 5.74) is 2.20. The molecule has 3 heteroatoms.